The molecule has 2 aromatic rings. The maximum absolute atomic E-state index is 13.6. The summed E-state index contributed by atoms with van der Waals surface area (Å²) in [6.07, 6.45) is 0.121. The Labute approximate surface area is 147 Å². The van der Waals surface area contributed by atoms with Gasteiger partial charge in [-0.3, -0.25) is 9.59 Å². The van der Waals surface area contributed by atoms with Crippen LogP contribution in [0.15, 0.2) is 46.9 Å². The van der Waals surface area contributed by atoms with E-state index in [1.807, 2.05) is 25.1 Å². The number of para-hydroxylation sites is 1. The van der Waals surface area contributed by atoms with Gasteiger partial charge in [-0.1, -0.05) is 28.1 Å². The summed E-state index contributed by atoms with van der Waals surface area (Å²) in [5, 5.41) is 2.57. The summed E-state index contributed by atoms with van der Waals surface area (Å²) in [4.78, 5) is 26.3. The summed E-state index contributed by atoms with van der Waals surface area (Å²) >= 11 is 3.40. The van der Waals surface area contributed by atoms with Crippen LogP contribution in [0.3, 0.4) is 0 Å². The van der Waals surface area contributed by atoms with Crippen molar-refractivity contribution in [1.82, 2.24) is 0 Å². The van der Waals surface area contributed by atoms with Gasteiger partial charge in [0.25, 0.3) is 0 Å². The molecule has 1 fully saturated rings. The summed E-state index contributed by atoms with van der Waals surface area (Å²) in [6.45, 7) is 2.21. The molecule has 2 amide bonds. The Balaban J connectivity index is 1.74. The van der Waals surface area contributed by atoms with Crippen molar-refractivity contribution >= 4 is 39.1 Å². The van der Waals surface area contributed by atoms with Gasteiger partial charge in [-0.25, -0.2) is 4.39 Å². The quantitative estimate of drug-likeness (QED) is 0.863. The number of anilines is 2. The van der Waals surface area contributed by atoms with Crippen LogP contribution in [0.25, 0.3) is 0 Å². The molecule has 1 atom stereocenters. The number of carbonyl (C=O) groups excluding carboxylic acids is 2. The SMILES string of the molecule is Cc1cc(Br)ccc1N1CC(C(=O)Nc2ccccc2F)CC1=O. The van der Waals surface area contributed by atoms with Gasteiger partial charge in [0.2, 0.25) is 11.8 Å². The fourth-order valence-electron chi connectivity index (χ4n) is 2.84. The number of nitrogens with one attached hydrogen (secondary N) is 1. The Bertz CT molecular complexity index is 809. The number of hydrogen-bond donors (Lipinski definition) is 1. The lowest BCUT2D eigenvalue weighted by Crippen LogP contribution is -2.28. The second-order valence-electron chi connectivity index (χ2n) is 5.81. The summed E-state index contributed by atoms with van der Waals surface area (Å²) in [6, 6.07) is 11.6. The fourth-order valence-corrected chi connectivity index (χ4v) is 3.31. The number of aryl methyl sites for hydroxylation is 1. The minimum atomic E-state index is -0.500. The van der Waals surface area contributed by atoms with Crippen LogP contribution in [0.5, 0.6) is 0 Å². The largest absolute Gasteiger partial charge is 0.323 e. The Hall–Kier alpha value is -2.21. The second kappa shape index (κ2) is 6.73. The predicted octanol–water partition coefficient (Wildman–Crippen LogP) is 3.89. The lowest BCUT2D eigenvalue weighted by molar-refractivity contribution is -0.122. The molecular formula is C18H16BrFN2O2. The summed E-state index contributed by atoms with van der Waals surface area (Å²) in [5.41, 5.74) is 1.88. The second-order valence-corrected chi connectivity index (χ2v) is 6.72. The van der Waals surface area contributed by atoms with Gasteiger partial charge in [-0.05, 0) is 42.8 Å². The average Bonchev–Trinajstić information content (AvgIpc) is 2.91. The van der Waals surface area contributed by atoms with Crippen molar-refractivity contribution in [3.8, 4) is 0 Å². The molecule has 0 radical (unpaired) electrons. The van der Waals surface area contributed by atoms with Crippen LogP contribution in [0.2, 0.25) is 0 Å². The van der Waals surface area contributed by atoms with Crippen LogP contribution in [-0.4, -0.2) is 18.4 Å². The molecule has 1 unspecified atom stereocenters. The normalized spacial score (nSPS) is 17.2. The third kappa shape index (κ3) is 3.33. The van der Waals surface area contributed by atoms with Gasteiger partial charge in [0.1, 0.15) is 5.82 Å². The zero-order chi connectivity index (χ0) is 17.3. The Morgan fingerprint density at radius 3 is 2.75 bits per heavy atom. The molecule has 0 aliphatic carbocycles. The van der Waals surface area contributed by atoms with E-state index in [1.165, 1.54) is 12.1 Å². The number of benzene rings is 2. The monoisotopic (exact) mass is 390 g/mol. The van der Waals surface area contributed by atoms with E-state index in [-0.39, 0.29) is 23.9 Å². The molecule has 3 rings (SSSR count). The third-order valence-electron chi connectivity index (χ3n) is 4.08. The molecule has 6 heteroatoms. The first-order valence-corrected chi connectivity index (χ1v) is 8.37. The lowest BCUT2D eigenvalue weighted by Gasteiger charge is -2.19. The maximum Gasteiger partial charge on any atom is 0.229 e. The molecule has 1 aliphatic heterocycles. The van der Waals surface area contributed by atoms with E-state index in [4.69, 9.17) is 0 Å². The van der Waals surface area contributed by atoms with Gasteiger partial charge in [-0.15, -0.1) is 0 Å². The van der Waals surface area contributed by atoms with E-state index < -0.39 is 11.7 Å². The van der Waals surface area contributed by atoms with Crippen molar-refractivity contribution in [3.05, 3.63) is 58.3 Å². The Morgan fingerprint density at radius 1 is 1.29 bits per heavy atom. The third-order valence-corrected chi connectivity index (χ3v) is 4.57. The maximum atomic E-state index is 13.6. The molecule has 0 saturated carbocycles. The van der Waals surface area contributed by atoms with E-state index in [9.17, 15) is 14.0 Å². The number of amides is 2. The molecule has 4 nitrogen and oxygen atoms in total. The summed E-state index contributed by atoms with van der Waals surface area (Å²) in [7, 11) is 0. The first-order chi connectivity index (χ1) is 11.5. The molecule has 0 aromatic heterocycles. The van der Waals surface area contributed by atoms with Crippen LogP contribution in [0.4, 0.5) is 15.8 Å². The van der Waals surface area contributed by atoms with Gasteiger partial charge >= 0.3 is 0 Å². The van der Waals surface area contributed by atoms with Crippen LogP contribution >= 0.6 is 15.9 Å². The van der Waals surface area contributed by atoms with Gasteiger partial charge < -0.3 is 10.2 Å². The van der Waals surface area contributed by atoms with Crippen molar-refractivity contribution in [2.24, 2.45) is 5.92 Å². The molecule has 0 bridgehead atoms. The summed E-state index contributed by atoms with van der Waals surface area (Å²) in [5.74, 6) is -1.43. The highest BCUT2D eigenvalue weighted by atomic mass is 79.9. The van der Waals surface area contributed by atoms with Gasteiger partial charge in [0.05, 0.1) is 11.6 Å². The van der Waals surface area contributed by atoms with Crippen molar-refractivity contribution in [3.63, 3.8) is 0 Å². The molecule has 124 valence electrons. The minimum absolute atomic E-state index is 0.103. The standard InChI is InChI=1S/C18H16BrFN2O2/c1-11-8-13(19)6-7-16(11)22-10-12(9-17(22)23)18(24)21-15-5-3-2-4-14(15)20/h2-8,12H,9-10H2,1H3,(H,21,24). The van der Waals surface area contributed by atoms with Gasteiger partial charge in [-0.2, -0.15) is 0 Å². The van der Waals surface area contributed by atoms with Crippen molar-refractivity contribution in [2.45, 2.75) is 13.3 Å². The van der Waals surface area contributed by atoms with E-state index in [1.54, 1.807) is 17.0 Å². The Kier molecular flexibility index (Phi) is 4.66. The zero-order valence-electron chi connectivity index (χ0n) is 13.1. The molecule has 1 heterocycles. The first-order valence-electron chi connectivity index (χ1n) is 7.57. The Morgan fingerprint density at radius 2 is 2.04 bits per heavy atom. The van der Waals surface area contributed by atoms with Crippen LogP contribution in [0, 0.1) is 18.7 Å². The van der Waals surface area contributed by atoms with E-state index in [2.05, 4.69) is 21.2 Å². The number of halogens is 2. The van der Waals surface area contributed by atoms with E-state index in [0.29, 0.717) is 6.54 Å². The molecule has 24 heavy (non-hydrogen) atoms. The van der Waals surface area contributed by atoms with Gasteiger partial charge in [0.15, 0.2) is 0 Å². The van der Waals surface area contributed by atoms with Crippen LogP contribution in [0.1, 0.15) is 12.0 Å². The minimum Gasteiger partial charge on any atom is -0.323 e. The molecule has 0 spiro atoms. The van der Waals surface area contributed by atoms with Crippen molar-refractivity contribution < 1.29 is 14.0 Å². The summed E-state index contributed by atoms with van der Waals surface area (Å²) < 4.78 is 14.6. The van der Waals surface area contributed by atoms with E-state index in [0.717, 1.165) is 15.7 Å². The predicted molar refractivity (Wildman–Crippen MR) is 94.4 cm³/mol. The van der Waals surface area contributed by atoms with Crippen LogP contribution in [-0.2, 0) is 9.59 Å². The average molecular weight is 391 g/mol. The topological polar surface area (TPSA) is 49.4 Å². The number of nitrogens with zero attached hydrogens (tertiary/aromatic N) is 1. The molecule has 2 aromatic carbocycles. The molecule has 1 N–H and O–H groups in total. The highest BCUT2D eigenvalue weighted by Gasteiger charge is 2.35. The lowest BCUT2D eigenvalue weighted by atomic mass is 10.1. The molecule has 1 aliphatic rings. The zero-order valence-corrected chi connectivity index (χ0v) is 14.6. The number of hydrogen-bond acceptors (Lipinski definition) is 2. The van der Waals surface area contributed by atoms with Crippen LogP contribution < -0.4 is 10.2 Å². The fraction of sp³-hybridized carbons (Fsp3) is 0.222. The first kappa shape index (κ1) is 16.6. The smallest absolute Gasteiger partial charge is 0.229 e. The highest BCUT2D eigenvalue weighted by molar-refractivity contribution is 9.10. The highest BCUT2D eigenvalue weighted by Crippen LogP contribution is 2.30. The van der Waals surface area contributed by atoms with Crippen molar-refractivity contribution in [2.75, 3.05) is 16.8 Å². The van der Waals surface area contributed by atoms with E-state index >= 15 is 0 Å². The number of carbonyl (C=O) groups is 2. The van der Waals surface area contributed by atoms with Crippen molar-refractivity contribution in [1.29, 1.82) is 0 Å². The molecule has 1 saturated heterocycles. The van der Waals surface area contributed by atoms with Gasteiger partial charge in [0, 0.05) is 23.1 Å². The number of rotatable bonds is 3. The molecular weight excluding hydrogens is 375 g/mol.